The van der Waals surface area contributed by atoms with Crippen LogP contribution in [0.3, 0.4) is 0 Å². The van der Waals surface area contributed by atoms with Crippen molar-refractivity contribution < 1.29 is 17.6 Å². The first-order chi connectivity index (χ1) is 12.9. The van der Waals surface area contributed by atoms with Crippen LogP contribution in [-0.4, -0.2) is 38.9 Å². The van der Waals surface area contributed by atoms with E-state index in [2.05, 4.69) is 19.9 Å². The number of sulfonamides is 1. The van der Waals surface area contributed by atoms with E-state index in [1.165, 1.54) is 6.20 Å². The third-order valence-corrected chi connectivity index (χ3v) is 5.81. The molecule has 27 heavy (non-hydrogen) atoms. The van der Waals surface area contributed by atoms with E-state index in [4.69, 9.17) is 0 Å². The molecule has 2 heterocycles. The fraction of sp³-hybridized carbons (Fsp3) is 0.333. The van der Waals surface area contributed by atoms with E-state index in [1.54, 1.807) is 19.1 Å². The molecule has 2 aromatic rings. The third kappa shape index (κ3) is 4.42. The largest absolute Gasteiger partial charge is 0.357 e. The maximum Gasteiger partial charge on any atom is 0.258 e. The van der Waals surface area contributed by atoms with Crippen molar-refractivity contribution in [3.05, 3.63) is 47.9 Å². The highest BCUT2D eigenvalue weighted by Gasteiger charge is 2.19. The van der Waals surface area contributed by atoms with Crippen molar-refractivity contribution in [2.45, 2.75) is 24.7 Å². The van der Waals surface area contributed by atoms with Gasteiger partial charge in [-0.05, 0) is 43.2 Å². The Balaban J connectivity index is 1.77. The summed E-state index contributed by atoms with van der Waals surface area (Å²) in [5.74, 6) is -0.711. The highest BCUT2D eigenvalue weighted by Crippen LogP contribution is 2.20. The van der Waals surface area contributed by atoms with E-state index >= 15 is 0 Å². The van der Waals surface area contributed by atoms with E-state index < -0.39 is 21.7 Å². The predicted molar refractivity (Wildman–Crippen MR) is 101 cm³/mol. The fourth-order valence-electron chi connectivity index (χ4n) is 2.91. The molecule has 0 radical (unpaired) electrons. The van der Waals surface area contributed by atoms with Gasteiger partial charge in [0.25, 0.3) is 5.91 Å². The van der Waals surface area contributed by atoms with E-state index in [9.17, 15) is 17.6 Å². The number of nitrogens with zero attached hydrogens (tertiary/aromatic N) is 2. The van der Waals surface area contributed by atoms with Crippen LogP contribution in [0.15, 0.2) is 41.4 Å². The highest BCUT2D eigenvalue weighted by atomic mass is 32.2. The van der Waals surface area contributed by atoms with Gasteiger partial charge >= 0.3 is 0 Å². The molecule has 1 aromatic carbocycles. The molecule has 1 saturated heterocycles. The number of aromatic nitrogens is 1. The average Bonchev–Trinajstić information content (AvgIpc) is 3.17. The zero-order valence-corrected chi connectivity index (χ0v) is 15.7. The van der Waals surface area contributed by atoms with Crippen molar-refractivity contribution in [1.29, 1.82) is 0 Å². The number of hydrogen-bond acceptors (Lipinski definition) is 5. The zero-order chi connectivity index (χ0) is 19.4. The first-order valence-electron chi connectivity index (χ1n) is 8.72. The lowest BCUT2D eigenvalue weighted by Crippen LogP contribution is -2.24. The number of amides is 1. The van der Waals surface area contributed by atoms with Gasteiger partial charge in [0.2, 0.25) is 10.0 Å². The molecule has 0 unspecified atom stereocenters. The smallest absolute Gasteiger partial charge is 0.258 e. The summed E-state index contributed by atoms with van der Waals surface area (Å²) >= 11 is 0. The molecule has 1 aliphatic heterocycles. The van der Waals surface area contributed by atoms with Crippen LogP contribution in [0.1, 0.15) is 30.1 Å². The molecule has 0 atom stereocenters. The number of carbonyl (C=O) groups is 1. The van der Waals surface area contributed by atoms with Crippen LogP contribution in [0.25, 0.3) is 0 Å². The van der Waals surface area contributed by atoms with Crippen molar-refractivity contribution in [2.24, 2.45) is 0 Å². The van der Waals surface area contributed by atoms with Gasteiger partial charge in [0.05, 0.1) is 22.3 Å². The lowest BCUT2D eigenvalue weighted by atomic mass is 10.2. The Bertz CT molecular complexity index is 926. The number of hydrogen-bond donors (Lipinski definition) is 2. The standard InChI is InChI=1S/C18H21FN4O3S/c1-2-21-27(25,26)14-6-7-16(19)15(11-14)18(24)22-13-5-8-17(20-12-13)23-9-3-4-10-23/h5-8,11-12,21H,2-4,9-10H2,1H3,(H,22,24). The van der Waals surface area contributed by atoms with Crippen LogP contribution in [-0.2, 0) is 10.0 Å². The van der Waals surface area contributed by atoms with Crippen LogP contribution < -0.4 is 14.9 Å². The normalized spacial score (nSPS) is 14.4. The molecule has 1 aliphatic rings. The highest BCUT2D eigenvalue weighted by molar-refractivity contribution is 7.89. The monoisotopic (exact) mass is 392 g/mol. The number of anilines is 2. The van der Waals surface area contributed by atoms with Gasteiger partial charge in [-0.2, -0.15) is 0 Å². The Hall–Kier alpha value is -2.52. The van der Waals surface area contributed by atoms with Gasteiger partial charge in [0.15, 0.2) is 0 Å². The Morgan fingerprint density at radius 2 is 1.96 bits per heavy atom. The molecule has 0 saturated carbocycles. The minimum absolute atomic E-state index is 0.168. The number of rotatable bonds is 6. The topological polar surface area (TPSA) is 91.4 Å². The van der Waals surface area contributed by atoms with E-state index in [0.29, 0.717) is 5.69 Å². The summed E-state index contributed by atoms with van der Waals surface area (Å²) in [5, 5.41) is 2.55. The Morgan fingerprint density at radius 3 is 2.59 bits per heavy atom. The summed E-state index contributed by atoms with van der Waals surface area (Å²) in [6.07, 6.45) is 3.76. The second-order valence-electron chi connectivity index (χ2n) is 6.20. The van der Waals surface area contributed by atoms with E-state index in [-0.39, 0.29) is 17.0 Å². The predicted octanol–water partition coefficient (Wildman–Crippen LogP) is 2.37. The molecule has 9 heteroatoms. The van der Waals surface area contributed by atoms with Crippen molar-refractivity contribution in [1.82, 2.24) is 9.71 Å². The van der Waals surface area contributed by atoms with Gasteiger partial charge in [-0.15, -0.1) is 0 Å². The Kier molecular flexibility index (Phi) is 5.71. The van der Waals surface area contributed by atoms with Crippen molar-refractivity contribution in [2.75, 3.05) is 29.9 Å². The summed E-state index contributed by atoms with van der Waals surface area (Å²) in [7, 11) is -3.79. The van der Waals surface area contributed by atoms with Crippen LogP contribution >= 0.6 is 0 Å². The summed E-state index contributed by atoms with van der Waals surface area (Å²) < 4.78 is 40.5. The second kappa shape index (κ2) is 8.01. The maximum absolute atomic E-state index is 14.1. The maximum atomic E-state index is 14.1. The average molecular weight is 392 g/mol. The van der Waals surface area contributed by atoms with Crippen molar-refractivity contribution >= 4 is 27.4 Å². The van der Waals surface area contributed by atoms with Gasteiger partial charge < -0.3 is 10.2 Å². The van der Waals surface area contributed by atoms with Gasteiger partial charge in [0, 0.05) is 19.6 Å². The third-order valence-electron chi connectivity index (χ3n) is 4.26. The van der Waals surface area contributed by atoms with E-state index in [0.717, 1.165) is 49.9 Å². The quantitative estimate of drug-likeness (QED) is 0.788. The second-order valence-corrected chi connectivity index (χ2v) is 7.96. The number of carbonyl (C=O) groups excluding carboxylic acids is 1. The summed E-state index contributed by atoms with van der Waals surface area (Å²) in [6, 6.07) is 6.60. The minimum Gasteiger partial charge on any atom is -0.357 e. The zero-order valence-electron chi connectivity index (χ0n) is 14.9. The molecular weight excluding hydrogens is 371 g/mol. The van der Waals surface area contributed by atoms with Crippen LogP contribution in [0, 0.1) is 5.82 Å². The molecule has 0 aliphatic carbocycles. The molecule has 0 spiro atoms. The first-order valence-corrected chi connectivity index (χ1v) is 10.2. The van der Waals surface area contributed by atoms with Crippen LogP contribution in [0.5, 0.6) is 0 Å². The lowest BCUT2D eigenvalue weighted by molar-refractivity contribution is 0.102. The molecule has 2 N–H and O–H groups in total. The number of halogens is 1. The van der Waals surface area contributed by atoms with Crippen LogP contribution in [0.4, 0.5) is 15.9 Å². The van der Waals surface area contributed by atoms with E-state index in [1.807, 2.05) is 0 Å². The molecule has 7 nitrogen and oxygen atoms in total. The molecular formula is C18H21FN4O3S. The van der Waals surface area contributed by atoms with Crippen molar-refractivity contribution in [3.8, 4) is 0 Å². The van der Waals surface area contributed by atoms with Crippen molar-refractivity contribution in [3.63, 3.8) is 0 Å². The molecule has 1 fully saturated rings. The Labute approximate surface area is 157 Å². The lowest BCUT2D eigenvalue weighted by Gasteiger charge is -2.16. The fourth-order valence-corrected chi connectivity index (χ4v) is 3.98. The van der Waals surface area contributed by atoms with Gasteiger partial charge in [-0.3, -0.25) is 4.79 Å². The summed E-state index contributed by atoms with van der Waals surface area (Å²) in [6.45, 7) is 3.73. The molecule has 1 aromatic heterocycles. The van der Waals surface area contributed by atoms with Gasteiger partial charge in [-0.1, -0.05) is 6.92 Å². The summed E-state index contributed by atoms with van der Waals surface area (Å²) in [4.78, 5) is 18.7. The van der Waals surface area contributed by atoms with Gasteiger partial charge in [0.1, 0.15) is 11.6 Å². The molecule has 1 amide bonds. The molecule has 144 valence electrons. The summed E-state index contributed by atoms with van der Waals surface area (Å²) in [5.41, 5.74) is 0.0555. The SMILES string of the molecule is CCNS(=O)(=O)c1ccc(F)c(C(=O)Nc2ccc(N3CCCC3)nc2)c1. The van der Waals surface area contributed by atoms with Crippen LogP contribution in [0.2, 0.25) is 0 Å². The minimum atomic E-state index is -3.79. The number of pyridine rings is 1. The van der Waals surface area contributed by atoms with Gasteiger partial charge in [-0.25, -0.2) is 22.5 Å². The first kappa shape index (κ1) is 19.2. The molecule has 3 rings (SSSR count). The number of benzene rings is 1. The molecule has 0 bridgehead atoms. The number of nitrogens with one attached hydrogen (secondary N) is 2. The Morgan fingerprint density at radius 1 is 1.22 bits per heavy atom.